The molecule has 2 heterocycles. The first-order valence-electron chi connectivity index (χ1n) is 15.8. The summed E-state index contributed by atoms with van der Waals surface area (Å²) in [6.07, 6.45) is -1.77. The van der Waals surface area contributed by atoms with E-state index in [1.54, 1.807) is 48.8 Å². The van der Waals surface area contributed by atoms with Gasteiger partial charge in [-0.1, -0.05) is 24.3 Å². The van der Waals surface area contributed by atoms with E-state index in [4.69, 9.17) is 25.2 Å². The molecule has 1 fully saturated rings. The van der Waals surface area contributed by atoms with E-state index < -0.39 is 62.9 Å². The number of hydrazine groups is 1. The number of carboxylic acids is 2. The Hall–Kier alpha value is -5.49. The Morgan fingerprint density at radius 1 is 0.981 bits per heavy atom. The van der Waals surface area contributed by atoms with E-state index in [0.29, 0.717) is 5.69 Å². The third-order valence-electron chi connectivity index (χ3n) is 8.64. The van der Waals surface area contributed by atoms with Crippen LogP contribution in [0.4, 0.5) is 23.2 Å². The van der Waals surface area contributed by atoms with Crippen molar-refractivity contribution >= 4 is 44.1 Å². The molecule has 1 saturated heterocycles. The molecule has 1 aliphatic heterocycles. The number of sulfone groups is 1. The van der Waals surface area contributed by atoms with Gasteiger partial charge in [0.15, 0.2) is 27.4 Å². The van der Waals surface area contributed by atoms with Crippen LogP contribution in [-0.4, -0.2) is 78.6 Å². The molecular formula is C35H36F4N4O9S. The van der Waals surface area contributed by atoms with E-state index in [1.807, 2.05) is 0 Å². The van der Waals surface area contributed by atoms with Crippen molar-refractivity contribution in [1.29, 1.82) is 0 Å². The summed E-state index contributed by atoms with van der Waals surface area (Å²) in [7, 11) is -1.16. The molecule has 5 rings (SSSR count). The van der Waals surface area contributed by atoms with Gasteiger partial charge >= 0.3 is 18.1 Å². The molecule has 13 nitrogen and oxygen atoms in total. The summed E-state index contributed by atoms with van der Waals surface area (Å²) >= 11 is 0. The number of fused-ring (bicyclic) bond motifs is 1. The van der Waals surface area contributed by atoms with Crippen LogP contribution in [0.3, 0.4) is 0 Å². The number of carbonyl (C=O) groups is 3. The van der Waals surface area contributed by atoms with Gasteiger partial charge in [0.1, 0.15) is 5.82 Å². The number of carbonyl (C=O) groups excluding carboxylic acids is 1. The normalized spacial score (nSPS) is 16.5. The van der Waals surface area contributed by atoms with Crippen molar-refractivity contribution in [2.24, 2.45) is 11.8 Å². The number of likely N-dealkylation sites (tertiary alicyclic amines) is 1. The third-order valence-corrected chi connectivity index (χ3v) is 10.9. The number of aliphatic carboxylic acids is 2. The Balaban J connectivity index is 0.000000815. The monoisotopic (exact) mass is 764 g/mol. The molecule has 0 aliphatic carbocycles. The number of aromatic nitrogens is 1. The second-order valence-corrected chi connectivity index (χ2v) is 14.6. The van der Waals surface area contributed by atoms with Gasteiger partial charge in [-0.15, -0.1) is 0 Å². The van der Waals surface area contributed by atoms with Crippen molar-refractivity contribution < 1.29 is 60.0 Å². The van der Waals surface area contributed by atoms with Crippen molar-refractivity contribution in [3.63, 3.8) is 0 Å². The minimum absolute atomic E-state index is 0.0382. The second-order valence-electron chi connectivity index (χ2n) is 12.1. The van der Waals surface area contributed by atoms with Crippen molar-refractivity contribution in [3.05, 3.63) is 90.0 Å². The van der Waals surface area contributed by atoms with Gasteiger partial charge in [-0.05, 0) is 61.5 Å². The average molecular weight is 765 g/mol. The van der Waals surface area contributed by atoms with Gasteiger partial charge in [-0.3, -0.25) is 19.6 Å². The van der Waals surface area contributed by atoms with Crippen LogP contribution < -0.4 is 20.3 Å². The van der Waals surface area contributed by atoms with E-state index in [-0.39, 0.29) is 40.5 Å². The fraction of sp³-hybridized carbons (Fsp3) is 0.314. The third kappa shape index (κ3) is 8.44. The fourth-order valence-corrected chi connectivity index (χ4v) is 7.23. The van der Waals surface area contributed by atoms with E-state index in [0.717, 1.165) is 21.8 Å². The van der Waals surface area contributed by atoms with E-state index in [9.17, 15) is 36.3 Å². The number of carboxylic acid groups (broad SMARTS) is 2. The molecule has 0 bridgehead atoms. The summed E-state index contributed by atoms with van der Waals surface area (Å²) in [5.74, 6) is 0.302. The Labute approximate surface area is 301 Å². The van der Waals surface area contributed by atoms with Crippen LogP contribution in [0.25, 0.3) is 10.8 Å². The smallest absolute Gasteiger partial charge is 0.490 e. The molecule has 4 aromatic rings. The highest BCUT2D eigenvalue weighted by atomic mass is 32.2. The highest BCUT2D eigenvalue weighted by Gasteiger charge is 2.47. The molecule has 284 valence electrons. The number of alkyl halides is 3. The van der Waals surface area contributed by atoms with Crippen LogP contribution in [0, 0.1) is 11.7 Å². The first-order chi connectivity index (χ1) is 24.8. The maximum atomic E-state index is 15.9. The largest absolute Gasteiger partial charge is 0.493 e. The molecule has 1 amide bonds. The summed E-state index contributed by atoms with van der Waals surface area (Å²) < 4.78 is 85.2. The summed E-state index contributed by atoms with van der Waals surface area (Å²) in [5.41, 5.74) is 0.378. The highest BCUT2D eigenvalue weighted by molar-refractivity contribution is 7.92. The summed E-state index contributed by atoms with van der Waals surface area (Å²) in [6, 6.07) is 12.7. The van der Waals surface area contributed by atoms with Crippen LogP contribution in [-0.2, 0) is 24.2 Å². The van der Waals surface area contributed by atoms with E-state index >= 15 is 4.39 Å². The van der Waals surface area contributed by atoms with Gasteiger partial charge < -0.3 is 24.6 Å². The van der Waals surface area contributed by atoms with Crippen molar-refractivity contribution in [1.82, 2.24) is 9.88 Å². The Kier molecular flexibility index (Phi) is 12.2. The number of ether oxygens (including phenoxy) is 2. The average Bonchev–Trinajstić information content (AvgIpc) is 3.57. The minimum Gasteiger partial charge on any atom is -0.493 e. The fourth-order valence-electron chi connectivity index (χ4n) is 5.94. The Bertz CT molecular complexity index is 2110. The highest BCUT2D eigenvalue weighted by Crippen LogP contribution is 2.44. The lowest BCUT2D eigenvalue weighted by Gasteiger charge is -2.36. The predicted octanol–water partition coefficient (Wildman–Crippen LogP) is 5.30. The number of methoxy groups -OCH3 is 2. The van der Waals surface area contributed by atoms with Gasteiger partial charge in [0.25, 0.3) is 5.91 Å². The summed E-state index contributed by atoms with van der Waals surface area (Å²) in [4.78, 5) is 41.6. The molecule has 1 aliphatic rings. The molecule has 18 heteroatoms. The van der Waals surface area contributed by atoms with Gasteiger partial charge in [-0.2, -0.15) is 13.2 Å². The molecule has 0 saturated carbocycles. The van der Waals surface area contributed by atoms with Gasteiger partial charge in [-0.25, -0.2) is 23.4 Å². The Morgan fingerprint density at radius 3 is 2.19 bits per heavy atom. The Morgan fingerprint density at radius 2 is 1.60 bits per heavy atom. The quantitative estimate of drug-likeness (QED) is 0.108. The number of pyridine rings is 1. The standard InChI is InChI=1S/C33H35FN4O7S.C2HF3O2/c1-19(2)46(42,43)29-8-6-5-7-23(29)30-24(33(40)41)12-14-37(30)32(39)31(25-16-27(44-3)28(45-4)17-26(25)34)38(35)22-10-9-21-18-36-13-11-20(21)15-22;3-2(4,5)1(6)7/h5-11,13,15-19,24,30-31H,12,14,35H2,1-4H3,(H,40,41);(H,6,7)/t24?,30?,31-;/m0./s1. The second kappa shape index (κ2) is 16.0. The summed E-state index contributed by atoms with van der Waals surface area (Å²) in [6.45, 7) is 3.01. The molecule has 1 aromatic heterocycles. The van der Waals surface area contributed by atoms with Crippen molar-refractivity contribution in [2.75, 3.05) is 25.8 Å². The SMILES string of the molecule is COc1cc(F)c([C@@H](C(=O)N2CCC(C(=O)O)C2c2ccccc2S(=O)(=O)C(C)C)N(N)c2ccc3cnccc3c2)cc1OC.O=C(O)C(F)(F)F. The first-order valence-corrected chi connectivity index (χ1v) is 17.3. The minimum atomic E-state index is -5.08. The molecular weight excluding hydrogens is 728 g/mol. The van der Waals surface area contributed by atoms with Crippen LogP contribution in [0.5, 0.6) is 11.5 Å². The molecule has 0 radical (unpaired) electrons. The number of halogens is 4. The topological polar surface area (TPSA) is 190 Å². The van der Waals surface area contributed by atoms with Crippen molar-refractivity contribution in [2.45, 2.75) is 48.7 Å². The number of rotatable bonds is 10. The lowest BCUT2D eigenvalue weighted by molar-refractivity contribution is -0.192. The van der Waals surface area contributed by atoms with E-state index in [2.05, 4.69) is 4.98 Å². The molecule has 2 unspecified atom stereocenters. The zero-order chi connectivity index (χ0) is 39.4. The number of hydrogen-bond acceptors (Lipinski definition) is 10. The first kappa shape index (κ1) is 40.3. The van der Waals surface area contributed by atoms with Crippen LogP contribution in [0.1, 0.15) is 43.5 Å². The van der Waals surface area contributed by atoms with Gasteiger partial charge in [0.05, 0.1) is 42.0 Å². The van der Waals surface area contributed by atoms with E-state index in [1.165, 1.54) is 51.2 Å². The predicted molar refractivity (Wildman–Crippen MR) is 183 cm³/mol. The molecule has 3 atom stereocenters. The van der Waals surface area contributed by atoms with Crippen molar-refractivity contribution in [3.8, 4) is 11.5 Å². The van der Waals surface area contributed by atoms with Crippen LogP contribution in [0.15, 0.2) is 78.0 Å². The summed E-state index contributed by atoms with van der Waals surface area (Å²) in [5, 5.41) is 19.3. The number of anilines is 1. The zero-order valence-electron chi connectivity index (χ0n) is 28.7. The molecule has 0 spiro atoms. The maximum absolute atomic E-state index is 15.9. The molecule has 53 heavy (non-hydrogen) atoms. The zero-order valence-corrected chi connectivity index (χ0v) is 29.6. The van der Waals surface area contributed by atoms with Gasteiger partial charge in [0, 0.05) is 36.0 Å². The molecule has 4 N–H and O–H groups in total. The number of nitrogens with two attached hydrogens (primary N) is 1. The van der Waals surface area contributed by atoms with Gasteiger partial charge in [0.2, 0.25) is 0 Å². The molecule has 3 aromatic carbocycles. The van der Waals surface area contributed by atoms with Crippen LogP contribution >= 0.6 is 0 Å². The number of hydrogen-bond donors (Lipinski definition) is 3. The number of nitrogens with zero attached hydrogens (tertiary/aromatic N) is 3. The lowest BCUT2D eigenvalue weighted by atomic mass is 9.93. The maximum Gasteiger partial charge on any atom is 0.490 e. The number of amides is 1. The number of benzene rings is 3. The van der Waals surface area contributed by atoms with Crippen LogP contribution in [0.2, 0.25) is 0 Å². The lowest BCUT2D eigenvalue weighted by Crippen LogP contribution is -2.47.